The number of hydrogen-bond donors (Lipinski definition) is 3. The van der Waals surface area contributed by atoms with Crippen LogP contribution >= 0.6 is 0 Å². The zero-order valence-electron chi connectivity index (χ0n) is 14.0. The van der Waals surface area contributed by atoms with Gasteiger partial charge in [-0.05, 0) is 17.5 Å². The zero-order valence-corrected chi connectivity index (χ0v) is 14.0. The number of imidazole rings is 1. The number of ether oxygens (including phenoxy) is 1. The maximum atomic E-state index is 12.3. The molecule has 2 heterocycles. The third-order valence-electron chi connectivity index (χ3n) is 3.91. The van der Waals surface area contributed by atoms with E-state index in [2.05, 4.69) is 21.9 Å². The molecule has 0 aliphatic rings. The third-order valence-corrected chi connectivity index (χ3v) is 3.91. The first-order valence-corrected chi connectivity index (χ1v) is 8.20. The molecule has 0 saturated heterocycles. The summed E-state index contributed by atoms with van der Waals surface area (Å²) in [6.07, 6.45) is 1.88. The predicted molar refractivity (Wildman–Crippen MR) is 94.4 cm³/mol. The Labute approximate surface area is 144 Å². The minimum atomic E-state index is -0.312. The van der Waals surface area contributed by atoms with Crippen molar-refractivity contribution in [2.45, 2.75) is 32.9 Å². The Kier molecular flexibility index (Phi) is 4.99. The first-order valence-electron chi connectivity index (χ1n) is 8.20. The van der Waals surface area contributed by atoms with Crippen LogP contribution in [0.1, 0.15) is 30.9 Å². The van der Waals surface area contributed by atoms with Crippen LogP contribution in [0.15, 0.2) is 29.1 Å². The number of aliphatic hydroxyl groups excluding tert-OH is 1. The number of benzene rings is 1. The van der Waals surface area contributed by atoms with Crippen molar-refractivity contribution < 1.29 is 9.84 Å². The minimum absolute atomic E-state index is 0.0183. The van der Waals surface area contributed by atoms with E-state index >= 15 is 0 Å². The Morgan fingerprint density at radius 1 is 1.24 bits per heavy atom. The molecule has 0 aliphatic carbocycles. The maximum Gasteiger partial charge on any atom is 0.328 e. The molecule has 0 aliphatic heterocycles. The Balaban J connectivity index is 1.95. The van der Waals surface area contributed by atoms with Crippen LogP contribution in [0.2, 0.25) is 0 Å². The van der Waals surface area contributed by atoms with Crippen molar-refractivity contribution in [2.24, 2.45) is 0 Å². The lowest BCUT2D eigenvalue weighted by molar-refractivity contribution is 0.282. The van der Waals surface area contributed by atoms with E-state index in [1.165, 1.54) is 4.57 Å². The van der Waals surface area contributed by atoms with Crippen LogP contribution in [0.5, 0.6) is 6.01 Å². The number of aliphatic hydroxyl groups is 1. The second-order valence-corrected chi connectivity index (χ2v) is 5.78. The molecule has 0 spiro atoms. The third kappa shape index (κ3) is 3.63. The fraction of sp³-hybridized carbons (Fsp3) is 0.353. The molecular formula is C17H21N5O3. The molecule has 3 rings (SSSR count). The van der Waals surface area contributed by atoms with Crippen molar-refractivity contribution in [3.8, 4) is 6.01 Å². The molecule has 8 heteroatoms. The van der Waals surface area contributed by atoms with Gasteiger partial charge in [-0.25, -0.2) is 4.79 Å². The lowest BCUT2D eigenvalue weighted by Crippen LogP contribution is -2.17. The summed E-state index contributed by atoms with van der Waals surface area (Å²) in [4.78, 5) is 23.4. The number of unbranched alkanes of at least 4 members (excludes halogenated alkanes) is 1. The Hall–Kier alpha value is -2.87. The van der Waals surface area contributed by atoms with Gasteiger partial charge >= 0.3 is 11.7 Å². The molecule has 0 fully saturated rings. The normalized spacial score (nSPS) is 11.1. The van der Waals surface area contributed by atoms with Gasteiger partial charge in [-0.2, -0.15) is 9.97 Å². The summed E-state index contributed by atoms with van der Waals surface area (Å²) in [6, 6.07) is 7.53. The van der Waals surface area contributed by atoms with Crippen LogP contribution in [0.3, 0.4) is 0 Å². The van der Waals surface area contributed by atoms with Gasteiger partial charge < -0.3 is 20.6 Å². The molecule has 0 bridgehead atoms. The molecule has 0 radical (unpaired) electrons. The van der Waals surface area contributed by atoms with Crippen LogP contribution in [0.25, 0.3) is 11.2 Å². The van der Waals surface area contributed by atoms with E-state index in [0.29, 0.717) is 24.3 Å². The number of nitrogens with one attached hydrogen (secondary N) is 1. The summed E-state index contributed by atoms with van der Waals surface area (Å²) >= 11 is 0. The van der Waals surface area contributed by atoms with Gasteiger partial charge in [0.05, 0.1) is 19.8 Å². The van der Waals surface area contributed by atoms with Crippen LogP contribution in [-0.2, 0) is 13.2 Å². The highest BCUT2D eigenvalue weighted by Gasteiger charge is 2.14. The van der Waals surface area contributed by atoms with Crippen LogP contribution in [0.4, 0.5) is 5.82 Å². The van der Waals surface area contributed by atoms with E-state index in [1.54, 1.807) is 0 Å². The predicted octanol–water partition coefficient (Wildman–Crippen LogP) is 1.42. The second kappa shape index (κ2) is 7.35. The van der Waals surface area contributed by atoms with Gasteiger partial charge in [0, 0.05) is 0 Å². The Bertz CT molecular complexity index is 914. The molecule has 0 amide bonds. The van der Waals surface area contributed by atoms with Gasteiger partial charge in [-0.3, -0.25) is 4.57 Å². The van der Waals surface area contributed by atoms with Crippen LogP contribution < -0.4 is 16.2 Å². The molecule has 0 atom stereocenters. The first-order chi connectivity index (χ1) is 12.1. The molecule has 3 aromatic rings. The van der Waals surface area contributed by atoms with Crippen LogP contribution in [0, 0.1) is 0 Å². The SMILES string of the molecule is CCCCOc1nc(N)c2[nH]c(=O)n(Cc3ccc(CO)cc3)c2n1. The molecule has 132 valence electrons. The number of nitrogen functional groups attached to an aromatic ring is 1. The quantitative estimate of drug-likeness (QED) is 0.558. The summed E-state index contributed by atoms with van der Waals surface area (Å²) in [5.41, 5.74) is 8.16. The highest BCUT2D eigenvalue weighted by molar-refractivity contribution is 5.81. The molecular weight excluding hydrogens is 322 g/mol. The second-order valence-electron chi connectivity index (χ2n) is 5.78. The Morgan fingerprint density at radius 2 is 1.96 bits per heavy atom. The standard InChI is InChI=1S/C17H21N5O3/c1-2-3-8-25-16-20-14(18)13-15(21-16)22(17(24)19-13)9-11-4-6-12(10-23)7-5-11/h4-7,23H,2-3,8-10H2,1H3,(H,19,24)(H2,18,20,21). The van der Waals surface area contributed by atoms with E-state index < -0.39 is 0 Å². The number of nitrogens with zero attached hydrogens (tertiary/aromatic N) is 3. The summed E-state index contributed by atoms with van der Waals surface area (Å²) < 4.78 is 7.01. The fourth-order valence-corrected chi connectivity index (χ4v) is 2.48. The smallest absolute Gasteiger partial charge is 0.328 e. The Morgan fingerprint density at radius 3 is 2.64 bits per heavy atom. The lowest BCUT2D eigenvalue weighted by Gasteiger charge is -2.07. The average molecular weight is 343 g/mol. The monoisotopic (exact) mass is 343 g/mol. The van der Waals surface area contributed by atoms with Gasteiger partial charge in [0.25, 0.3) is 0 Å². The van der Waals surface area contributed by atoms with Gasteiger partial charge in [-0.1, -0.05) is 37.6 Å². The maximum absolute atomic E-state index is 12.3. The van der Waals surface area contributed by atoms with E-state index in [0.717, 1.165) is 24.0 Å². The molecule has 0 unspecified atom stereocenters. The summed E-state index contributed by atoms with van der Waals surface area (Å²) in [6.45, 7) is 2.87. The van der Waals surface area contributed by atoms with Crippen molar-refractivity contribution in [3.63, 3.8) is 0 Å². The van der Waals surface area contributed by atoms with E-state index in [1.807, 2.05) is 24.3 Å². The number of rotatable bonds is 7. The summed E-state index contributed by atoms with van der Waals surface area (Å²) in [5.74, 6) is 0.183. The van der Waals surface area contributed by atoms with E-state index in [9.17, 15) is 4.79 Å². The first kappa shape index (κ1) is 17.0. The van der Waals surface area contributed by atoms with Crippen molar-refractivity contribution in [3.05, 3.63) is 45.9 Å². The average Bonchev–Trinajstić information content (AvgIpc) is 2.93. The van der Waals surface area contributed by atoms with Crippen molar-refractivity contribution in [2.75, 3.05) is 12.3 Å². The summed E-state index contributed by atoms with van der Waals surface area (Å²) in [5, 5.41) is 9.12. The van der Waals surface area contributed by atoms with Crippen molar-refractivity contribution in [1.82, 2.24) is 19.5 Å². The molecule has 4 N–H and O–H groups in total. The number of hydrogen-bond acceptors (Lipinski definition) is 6. The highest BCUT2D eigenvalue weighted by atomic mass is 16.5. The topological polar surface area (TPSA) is 119 Å². The molecule has 0 saturated carbocycles. The van der Waals surface area contributed by atoms with Gasteiger partial charge in [0.2, 0.25) is 0 Å². The largest absolute Gasteiger partial charge is 0.463 e. The van der Waals surface area contributed by atoms with E-state index in [-0.39, 0.29) is 24.1 Å². The van der Waals surface area contributed by atoms with Crippen molar-refractivity contribution in [1.29, 1.82) is 0 Å². The minimum Gasteiger partial charge on any atom is -0.463 e. The van der Waals surface area contributed by atoms with E-state index in [4.69, 9.17) is 15.6 Å². The fourth-order valence-electron chi connectivity index (χ4n) is 2.48. The number of fused-ring (bicyclic) bond motifs is 1. The number of nitrogens with two attached hydrogens (primary N) is 1. The number of H-pyrrole nitrogens is 1. The number of aromatic amines is 1. The number of anilines is 1. The van der Waals surface area contributed by atoms with Gasteiger partial charge in [0.1, 0.15) is 5.52 Å². The van der Waals surface area contributed by atoms with Crippen molar-refractivity contribution >= 4 is 17.0 Å². The van der Waals surface area contributed by atoms with Gasteiger partial charge in [0.15, 0.2) is 11.5 Å². The number of aromatic nitrogens is 4. The molecule has 8 nitrogen and oxygen atoms in total. The van der Waals surface area contributed by atoms with Gasteiger partial charge in [-0.15, -0.1) is 0 Å². The molecule has 1 aromatic carbocycles. The summed E-state index contributed by atoms with van der Waals surface area (Å²) in [7, 11) is 0. The lowest BCUT2D eigenvalue weighted by atomic mass is 10.1. The van der Waals surface area contributed by atoms with Crippen LogP contribution in [-0.4, -0.2) is 31.2 Å². The molecule has 25 heavy (non-hydrogen) atoms. The molecule has 2 aromatic heterocycles. The zero-order chi connectivity index (χ0) is 17.8. The highest BCUT2D eigenvalue weighted by Crippen LogP contribution is 2.18.